The van der Waals surface area contributed by atoms with Gasteiger partial charge in [0.1, 0.15) is 17.6 Å². The molecule has 2 aromatic carbocycles. The molecule has 0 aliphatic heterocycles. The van der Waals surface area contributed by atoms with Crippen molar-refractivity contribution in [2.24, 2.45) is 0 Å². The van der Waals surface area contributed by atoms with E-state index in [1.165, 1.54) is 6.26 Å². The molecule has 0 atom stereocenters. The SMILES string of the molecule is O=C(COc1cc(Cl)cc(Cl)c1)c1coc2ccccc12. The second kappa shape index (κ2) is 5.80. The lowest BCUT2D eigenvalue weighted by molar-refractivity contribution is 0.0922. The van der Waals surface area contributed by atoms with E-state index in [1.807, 2.05) is 24.3 Å². The molecular formula is C16H10Cl2O3. The second-order valence-corrected chi connectivity index (χ2v) is 5.34. The number of hydrogen-bond donors (Lipinski definition) is 0. The zero-order chi connectivity index (χ0) is 14.8. The molecule has 0 bridgehead atoms. The van der Waals surface area contributed by atoms with Gasteiger partial charge in [0.05, 0.1) is 5.56 Å². The average Bonchev–Trinajstić information content (AvgIpc) is 2.88. The lowest BCUT2D eigenvalue weighted by Crippen LogP contribution is -2.11. The summed E-state index contributed by atoms with van der Waals surface area (Å²) in [5.41, 5.74) is 1.17. The van der Waals surface area contributed by atoms with Gasteiger partial charge in [0.25, 0.3) is 0 Å². The van der Waals surface area contributed by atoms with Gasteiger partial charge in [-0.1, -0.05) is 41.4 Å². The molecule has 0 saturated heterocycles. The van der Waals surface area contributed by atoms with E-state index in [4.69, 9.17) is 32.4 Å². The van der Waals surface area contributed by atoms with Crippen LogP contribution < -0.4 is 4.74 Å². The fourth-order valence-electron chi connectivity index (χ4n) is 2.03. The third-order valence-corrected chi connectivity index (χ3v) is 3.42. The monoisotopic (exact) mass is 320 g/mol. The summed E-state index contributed by atoms with van der Waals surface area (Å²) in [6.07, 6.45) is 1.45. The van der Waals surface area contributed by atoms with Crippen LogP contribution >= 0.6 is 23.2 Å². The number of hydrogen-bond acceptors (Lipinski definition) is 3. The molecule has 1 aromatic heterocycles. The summed E-state index contributed by atoms with van der Waals surface area (Å²) in [4.78, 5) is 12.2. The van der Waals surface area contributed by atoms with E-state index in [9.17, 15) is 4.79 Å². The Morgan fingerprint density at radius 2 is 1.81 bits per heavy atom. The minimum atomic E-state index is -0.170. The van der Waals surface area contributed by atoms with Crippen molar-refractivity contribution in [2.45, 2.75) is 0 Å². The number of halogens is 2. The summed E-state index contributed by atoms with van der Waals surface area (Å²) in [6.45, 7) is -0.111. The molecule has 0 saturated carbocycles. The van der Waals surface area contributed by atoms with Crippen LogP contribution in [0.1, 0.15) is 10.4 Å². The average molecular weight is 321 g/mol. The van der Waals surface area contributed by atoms with Gasteiger partial charge in [-0.3, -0.25) is 4.79 Å². The van der Waals surface area contributed by atoms with Crippen LogP contribution in [0.15, 0.2) is 53.1 Å². The molecule has 0 N–H and O–H groups in total. The molecule has 0 radical (unpaired) electrons. The van der Waals surface area contributed by atoms with Crippen LogP contribution in [0.3, 0.4) is 0 Å². The van der Waals surface area contributed by atoms with Gasteiger partial charge in [-0.2, -0.15) is 0 Å². The molecule has 1 heterocycles. The zero-order valence-corrected chi connectivity index (χ0v) is 12.3. The Labute approximate surface area is 131 Å². The van der Waals surface area contributed by atoms with Crippen LogP contribution in [0, 0.1) is 0 Å². The van der Waals surface area contributed by atoms with Crippen molar-refractivity contribution in [3.63, 3.8) is 0 Å². The molecule has 0 fully saturated rings. The molecule has 21 heavy (non-hydrogen) atoms. The Hall–Kier alpha value is -1.97. The Balaban J connectivity index is 1.77. The number of carbonyl (C=O) groups excluding carboxylic acids is 1. The molecule has 0 amide bonds. The van der Waals surface area contributed by atoms with Crippen molar-refractivity contribution in [3.05, 3.63) is 64.3 Å². The number of para-hydroxylation sites is 1. The van der Waals surface area contributed by atoms with E-state index in [2.05, 4.69) is 0 Å². The first-order valence-corrected chi connectivity index (χ1v) is 6.97. The maximum atomic E-state index is 12.2. The summed E-state index contributed by atoms with van der Waals surface area (Å²) in [5.74, 6) is 0.282. The van der Waals surface area contributed by atoms with Gasteiger partial charge in [-0.05, 0) is 24.3 Å². The summed E-state index contributed by atoms with van der Waals surface area (Å²) < 4.78 is 10.8. The largest absolute Gasteiger partial charge is 0.485 e. The van der Waals surface area contributed by atoms with E-state index in [0.29, 0.717) is 26.9 Å². The predicted octanol–water partition coefficient (Wildman–Crippen LogP) is 5.00. The van der Waals surface area contributed by atoms with Crippen molar-refractivity contribution in [1.82, 2.24) is 0 Å². The first-order valence-electron chi connectivity index (χ1n) is 6.22. The number of Topliss-reactive ketones (excluding diaryl/α,β-unsaturated/α-hetero) is 1. The number of benzene rings is 2. The molecule has 3 aromatic rings. The van der Waals surface area contributed by atoms with Gasteiger partial charge in [-0.15, -0.1) is 0 Å². The highest BCUT2D eigenvalue weighted by molar-refractivity contribution is 6.34. The first-order chi connectivity index (χ1) is 10.1. The number of carbonyl (C=O) groups is 1. The number of furan rings is 1. The first kappa shape index (κ1) is 14.0. The lowest BCUT2D eigenvalue weighted by atomic mass is 10.1. The zero-order valence-electron chi connectivity index (χ0n) is 10.8. The molecule has 0 spiro atoms. The molecule has 3 rings (SSSR count). The standard InChI is InChI=1S/C16H10Cl2O3/c17-10-5-11(18)7-12(6-10)20-9-15(19)14-8-21-16-4-2-1-3-13(14)16/h1-8H,9H2. The minimum Gasteiger partial charge on any atom is -0.485 e. The van der Waals surface area contributed by atoms with E-state index >= 15 is 0 Å². The van der Waals surface area contributed by atoms with Gasteiger partial charge >= 0.3 is 0 Å². The van der Waals surface area contributed by atoms with Crippen LogP contribution in [0.4, 0.5) is 0 Å². The van der Waals surface area contributed by atoms with Gasteiger partial charge in [-0.25, -0.2) is 0 Å². The Kier molecular flexibility index (Phi) is 3.86. The van der Waals surface area contributed by atoms with Gasteiger partial charge in [0, 0.05) is 15.4 Å². The third kappa shape index (κ3) is 3.04. The van der Waals surface area contributed by atoms with Crippen LogP contribution in [0.5, 0.6) is 5.75 Å². The van der Waals surface area contributed by atoms with E-state index in [-0.39, 0.29) is 12.4 Å². The summed E-state index contributed by atoms with van der Waals surface area (Å²) in [5, 5.41) is 1.69. The molecule has 0 aliphatic rings. The maximum Gasteiger partial charge on any atom is 0.204 e. The highest BCUT2D eigenvalue weighted by Crippen LogP contribution is 2.25. The quantitative estimate of drug-likeness (QED) is 0.635. The highest BCUT2D eigenvalue weighted by atomic mass is 35.5. The third-order valence-electron chi connectivity index (χ3n) is 2.99. The Morgan fingerprint density at radius 3 is 2.57 bits per heavy atom. The van der Waals surface area contributed by atoms with E-state index < -0.39 is 0 Å². The predicted molar refractivity (Wildman–Crippen MR) is 82.5 cm³/mol. The Morgan fingerprint density at radius 1 is 1.10 bits per heavy atom. The van der Waals surface area contributed by atoms with Crippen molar-refractivity contribution in [3.8, 4) is 5.75 Å². The molecule has 3 nitrogen and oxygen atoms in total. The number of rotatable bonds is 4. The van der Waals surface area contributed by atoms with Gasteiger partial charge < -0.3 is 9.15 Å². The van der Waals surface area contributed by atoms with E-state index in [1.54, 1.807) is 18.2 Å². The number of fused-ring (bicyclic) bond motifs is 1. The normalized spacial score (nSPS) is 10.8. The van der Waals surface area contributed by atoms with Crippen molar-refractivity contribution >= 4 is 40.0 Å². The Bertz CT molecular complexity index is 788. The second-order valence-electron chi connectivity index (χ2n) is 4.46. The van der Waals surface area contributed by atoms with Crippen LogP contribution in [0.2, 0.25) is 10.0 Å². The number of ether oxygens (including phenoxy) is 1. The highest BCUT2D eigenvalue weighted by Gasteiger charge is 2.14. The van der Waals surface area contributed by atoms with Gasteiger partial charge in [0.2, 0.25) is 5.78 Å². The minimum absolute atomic E-state index is 0.111. The molecule has 106 valence electrons. The summed E-state index contributed by atoms with van der Waals surface area (Å²) >= 11 is 11.8. The summed E-state index contributed by atoms with van der Waals surface area (Å²) in [7, 11) is 0. The maximum absolute atomic E-state index is 12.2. The fourth-order valence-corrected chi connectivity index (χ4v) is 2.54. The molecule has 0 aliphatic carbocycles. The van der Waals surface area contributed by atoms with Crippen molar-refractivity contribution < 1.29 is 13.9 Å². The molecule has 0 unspecified atom stereocenters. The van der Waals surface area contributed by atoms with Crippen LogP contribution in [-0.2, 0) is 0 Å². The summed E-state index contributed by atoms with van der Waals surface area (Å²) in [6, 6.07) is 12.2. The lowest BCUT2D eigenvalue weighted by Gasteiger charge is -2.06. The van der Waals surface area contributed by atoms with Crippen molar-refractivity contribution in [2.75, 3.05) is 6.61 Å². The topological polar surface area (TPSA) is 39.4 Å². The van der Waals surface area contributed by atoms with E-state index in [0.717, 1.165) is 5.39 Å². The van der Waals surface area contributed by atoms with Crippen LogP contribution in [-0.4, -0.2) is 12.4 Å². The van der Waals surface area contributed by atoms with Crippen LogP contribution in [0.25, 0.3) is 11.0 Å². The van der Waals surface area contributed by atoms with Crippen molar-refractivity contribution in [1.29, 1.82) is 0 Å². The molecular weight excluding hydrogens is 311 g/mol. The van der Waals surface area contributed by atoms with Gasteiger partial charge in [0.15, 0.2) is 6.61 Å². The number of ketones is 1. The fraction of sp³-hybridized carbons (Fsp3) is 0.0625. The smallest absolute Gasteiger partial charge is 0.204 e. The molecule has 5 heteroatoms.